The molecule has 7 heteroatoms. The van der Waals surface area contributed by atoms with Crippen LogP contribution in [0, 0.1) is 27.4 Å². The Hall–Kier alpha value is -2.20. The lowest BCUT2D eigenvalue weighted by Gasteiger charge is -2.09. The highest BCUT2D eigenvalue weighted by Crippen LogP contribution is 2.18. The van der Waals surface area contributed by atoms with Crippen molar-refractivity contribution in [1.29, 1.82) is 5.26 Å². The molecule has 90 valence electrons. The molecule has 1 heterocycles. The van der Waals surface area contributed by atoms with Gasteiger partial charge in [-0.3, -0.25) is 10.1 Å². The van der Waals surface area contributed by atoms with E-state index in [1.165, 1.54) is 12.1 Å². The minimum Gasteiger partial charge on any atom is -0.396 e. The van der Waals surface area contributed by atoms with E-state index in [4.69, 9.17) is 10.4 Å². The third kappa shape index (κ3) is 3.39. The summed E-state index contributed by atoms with van der Waals surface area (Å²) >= 11 is 0. The van der Waals surface area contributed by atoms with Crippen molar-refractivity contribution in [3.05, 3.63) is 27.9 Å². The normalized spacial score (nSPS) is 11.6. The van der Waals surface area contributed by atoms with E-state index in [1.54, 1.807) is 6.07 Å². The lowest BCUT2D eigenvalue weighted by molar-refractivity contribution is -0.385. The molecule has 0 aliphatic rings. The first-order valence-electron chi connectivity index (χ1n) is 4.98. The number of nitrogens with one attached hydrogen (secondary N) is 1. The number of aliphatic hydroxyl groups is 1. The summed E-state index contributed by atoms with van der Waals surface area (Å²) in [5, 5.41) is 31.0. The zero-order valence-corrected chi connectivity index (χ0v) is 9.25. The average molecular weight is 236 g/mol. The standard InChI is InChI=1S/C10H12N4O3/c1-7(6-15)5-12-10-3-2-9(14(16)17)8(4-11)13-10/h2-3,7,15H,5-6H2,1H3,(H,12,13). The summed E-state index contributed by atoms with van der Waals surface area (Å²) in [6.07, 6.45) is 0. The zero-order chi connectivity index (χ0) is 12.8. The Morgan fingerprint density at radius 3 is 2.94 bits per heavy atom. The number of nitriles is 1. The van der Waals surface area contributed by atoms with Crippen LogP contribution >= 0.6 is 0 Å². The van der Waals surface area contributed by atoms with E-state index in [0.717, 1.165) is 0 Å². The highest BCUT2D eigenvalue weighted by Gasteiger charge is 2.15. The van der Waals surface area contributed by atoms with Crippen molar-refractivity contribution in [1.82, 2.24) is 4.98 Å². The molecule has 2 N–H and O–H groups in total. The molecule has 0 saturated heterocycles. The van der Waals surface area contributed by atoms with Crippen molar-refractivity contribution < 1.29 is 10.0 Å². The van der Waals surface area contributed by atoms with Gasteiger partial charge in [-0.25, -0.2) is 4.98 Å². The number of aliphatic hydroxyl groups excluding tert-OH is 1. The van der Waals surface area contributed by atoms with E-state index in [-0.39, 0.29) is 23.9 Å². The van der Waals surface area contributed by atoms with Crippen LogP contribution in [0.1, 0.15) is 12.6 Å². The monoisotopic (exact) mass is 236 g/mol. The predicted molar refractivity (Wildman–Crippen MR) is 60.3 cm³/mol. The van der Waals surface area contributed by atoms with Gasteiger partial charge in [-0.15, -0.1) is 0 Å². The summed E-state index contributed by atoms with van der Waals surface area (Å²) in [7, 11) is 0. The minimum atomic E-state index is -0.647. The third-order valence-corrected chi connectivity index (χ3v) is 2.12. The number of hydrogen-bond acceptors (Lipinski definition) is 6. The topological polar surface area (TPSA) is 112 Å². The van der Waals surface area contributed by atoms with Crippen molar-refractivity contribution >= 4 is 11.5 Å². The molecule has 0 radical (unpaired) electrons. The molecule has 0 fully saturated rings. The Balaban J connectivity index is 2.84. The number of nitro groups is 1. The average Bonchev–Trinajstić information content (AvgIpc) is 2.35. The fourth-order valence-electron chi connectivity index (χ4n) is 1.12. The molecule has 1 rings (SSSR count). The second kappa shape index (κ2) is 5.77. The van der Waals surface area contributed by atoms with E-state index in [2.05, 4.69) is 10.3 Å². The number of hydrogen-bond donors (Lipinski definition) is 2. The lowest BCUT2D eigenvalue weighted by Crippen LogP contribution is -2.15. The minimum absolute atomic E-state index is 0.0328. The first-order chi connectivity index (χ1) is 8.08. The molecule has 0 aliphatic carbocycles. The van der Waals surface area contributed by atoms with Crippen LogP contribution in [-0.4, -0.2) is 28.2 Å². The fraction of sp³-hybridized carbons (Fsp3) is 0.400. The highest BCUT2D eigenvalue weighted by atomic mass is 16.6. The van der Waals surface area contributed by atoms with E-state index < -0.39 is 4.92 Å². The molecule has 0 bridgehead atoms. The van der Waals surface area contributed by atoms with Gasteiger partial charge in [-0.2, -0.15) is 5.26 Å². The van der Waals surface area contributed by atoms with Gasteiger partial charge in [0.15, 0.2) is 0 Å². The smallest absolute Gasteiger partial charge is 0.305 e. The van der Waals surface area contributed by atoms with Crippen LogP contribution in [0.2, 0.25) is 0 Å². The van der Waals surface area contributed by atoms with Crippen molar-refractivity contribution in [2.75, 3.05) is 18.5 Å². The summed E-state index contributed by atoms with van der Waals surface area (Å²) in [5.41, 5.74) is -0.537. The number of pyridine rings is 1. The van der Waals surface area contributed by atoms with Crippen LogP contribution in [0.25, 0.3) is 0 Å². The van der Waals surface area contributed by atoms with Gasteiger partial charge in [0.25, 0.3) is 0 Å². The van der Waals surface area contributed by atoms with Gasteiger partial charge in [-0.05, 0) is 12.0 Å². The molecular weight excluding hydrogens is 224 g/mol. The molecule has 0 spiro atoms. The van der Waals surface area contributed by atoms with Crippen molar-refractivity contribution in [2.24, 2.45) is 5.92 Å². The first-order valence-corrected chi connectivity index (χ1v) is 4.98. The van der Waals surface area contributed by atoms with Gasteiger partial charge in [0.05, 0.1) is 4.92 Å². The Morgan fingerprint density at radius 2 is 2.41 bits per heavy atom. The Labute approximate surface area is 97.9 Å². The molecule has 0 amide bonds. The maximum Gasteiger partial charge on any atom is 0.305 e. The number of anilines is 1. The second-order valence-electron chi connectivity index (χ2n) is 3.60. The first kappa shape index (κ1) is 12.9. The van der Waals surface area contributed by atoms with Gasteiger partial charge in [0.2, 0.25) is 5.69 Å². The summed E-state index contributed by atoms with van der Waals surface area (Å²) in [6, 6.07) is 4.34. The highest BCUT2D eigenvalue weighted by molar-refractivity contribution is 5.50. The predicted octanol–water partition coefficient (Wildman–Crippen LogP) is 0.902. The second-order valence-corrected chi connectivity index (χ2v) is 3.60. The molecule has 7 nitrogen and oxygen atoms in total. The molecule has 0 aliphatic heterocycles. The Morgan fingerprint density at radius 1 is 1.71 bits per heavy atom. The summed E-state index contributed by atoms with van der Waals surface area (Å²) in [6.45, 7) is 2.35. The molecular formula is C10H12N4O3. The number of aromatic nitrogens is 1. The van der Waals surface area contributed by atoms with Crippen LogP contribution < -0.4 is 5.32 Å². The van der Waals surface area contributed by atoms with Crippen molar-refractivity contribution in [3.63, 3.8) is 0 Å². The summed E-state index contributed by atoms with van der Waals surface area (Å²) < 4.78 is 0. The van der Waals surface area contributed by atoms with Crippen LogP contribution in [0.15, 0.2) is 12.1 Å². The lowest BCUT2D eigenvalue weighted by atomic mass is 10.2. The van der Waals surface area contributed by atoms with Gasteiger partial charge in [0.1, 0.15) is 11.9 Å². The van der Waals surface area contributed by atoms with E-state index in [0.29, 0.717) is 12.4 Å². The third-order valence-electron chi connectivity index (χ3n) is 2.12. The summed E-state index contributed by atoms with van der Waals surface area (Å²) in [4.78, 5) is 13.7. The summed E-state index contributed by atoms with van der Waals surface area (Å²) in [5.74, 6) is 0.421. The van der Waals surface area contributed by atoms with Crippen LogP contribution in [0.3, 0.4) is 0 Å². The van der Waals surface area contributed by atoms with Crippen LogP contribution in [0.5, 0.6) is 0 Å². The maximum atomic E-state index is 10.6. The van der Waals surface area contributed by atoms with Gasteiger partial charge in [0, 0.05) is 19.2 Å². The van der Waals surface area contributed by atoms with Gasteiger partial charge < -0.3 is 10.4 Å². The molecule has 1 aromatic rings. The van der Waals surface area contributed by atoms with Crippen LogP contribution in [0.4, 0.5) is 11.5 Å². The molecule has 17 heavy (non-hydrogen) atoms. The SMILES string of the molecule is CC(CO)CNc1ccc([N+](=O)[O-])c(C#N)n1. The Kier molecular flexibility index (Phi) is 4.37. The largest absolute Gasteiger partial charge is 0.396 e. The molecule has 1 aromatic heterocycles. The quantitative estimate of drug-likeness (QED) is 0.580. The zero-order valence-electron chi connectivity index (χ0n) is 9.25. The number of rotatable bonds is 5. The van der Waals surface area contributed by atoms with Crippen molar-refractivity contribution in [3.8, 4) is 6.07 Å². The maximum absolute atomic E-state index is 10.6. The number of nitrogens with zero attached hydrogens (tertiary/aromatic N) is 3. The van der Waals surface area contributed by atoms with Crippen molar-refractivity contribution in [2.45, 2.75) is 6.92 Å². The fourth-order valence-corrected chi connectivity index (χ4v) is 1.12. The molecule has 1 unspecified atom stereocenters. The van der Waals surface area contributed by atoms with Gasteiger partial charge >= 0.3 is 5.69 Å². The molecule has 1 atom stereocenters. The molecule has 0 saturated carbocycles. The van der Waals surface area contributed by atoms with Crippen LogP contribution in [-0.2, 0) is 0 Å². The molecule has 0 aromatic carbocycles. The van der Waals surface area contributed by atoms with E-state index >= 15 is 0 Å². The van der Waals surface area contributed by atoms with E-state index in [9.17, 15) is 10.1 Å². The van der Waals surface area contributed by atoms with E-state index in [1.807, 2.05) is 6.92 Å². The van der Waals surface area contributed by atoms with Gasteiger partial charge in [-0.1, -0.05) is 6.92 Å². The Bertz CT molecular complexity index is 455.